The van der Waals surface area contributed by atoms with Crippen molar-refractivity contribution in [3.63, 3.8) is 0 Å². The fourth-order valence-corrected chi connectivity index (χ4v) is 4.05. The summed E-state index contributed by atoms with van der Waals surface area (Å²) in [5, 5.41) is 19.8. The minimum atomic E-state index is -0.606. The van der Waals surface area contributed by atoms with E-state index in [9.17, 15) is 5.26 Å². The van der Waals surface area contributed by atoms with Crippen LogP contribution in [0.2, 0.25) is 0 Å². The van der Waals surface area contributed by atoms with Crippen LogP contribution in [0.3, 0.4) is 0 Å². The van der Waals surface area contributed by atoms with Crippen LogP contribution >= 0.6 is 27.3 Å². The van der Waals surface area contributed by atoms with Crippen molar-refractivity contribution in [1.29, 1.82) is 10.7 Å². The summed E-state index contributed by atoms with van der Waals surface area (Å²) in [6.07, 6.45) is 0. The lowest BCUT2D eigenvalue weighted by Gasteiger charge is -2.28. The zero-order chi connectivity index (χ0) is 18.8. The van der Waals surface area contributed by atoms with Gasteiger partial charge in [-0.2, -0.15) is 5.26 Å². The zero-order valence-electron chi connectivity index (χ0n) is 13.7. The third kappa shape index (κ3) is 3.07. The van der Waals surface area contributed by atoms with Crippen molar-refractivity contribution in [2.75, 3.05) is 7.11 Å². The molecule has 6 nitrogen and oxygen atoms in total. The van der Waals surface area contributed by atoms with Gasteiger partial charge in [-0.05, 0) is 45.1 Å². The molecule has 132 valence electrons. The van der Waals surface area contributed by atoms with Gasteiger partial charge in [0.15, 0.2) is 0 Å². The standard InChI is InChI=1S/C18H15BrN4O2S/c1-24-12-5-4-9(7-11(12)19)14-10(8-20)17(22)25-18(23)15(14)16(21)13-3-2-6-26-13/h2-7,14,23H,21-22H2,1H3/b16-15-,23-18?. The molecule has 0 amide bonds. The average molecular weight is 431 g/mol. The quantitative estimate of drug-likeness (QED) is 0.685. The van der Waals surface area contributed by atoms with Crippen LogP contribution in [0.25, 0.3) is 5.70 Å². The van der Waals surface area contributed by atoms with Gasteiger partial charge in [0.25, 0.3) is 0 Å². The van der Waals surface area contributed by atoms with Gasteiger partial charge in [-0.1, -0.05) is 12.1 Å². The van der Waals surface area contributed by atoms with Gasteiger partial charge in [-0.15, -0.1) is 11.3 Å². The molecule has 8 heteroatoms. The maximum absolute atomic E-state index is 9.64. The second-order valence-electron chi connectivity index (χ2n) is 5.45. The van der Waals surface area contributed by atoms with Crippen LogP contribution < -0.4 is 16.2 Å². The molecule has 5 N–H and O–H groups in total. The highest BCUT2D eigenvalue weighted by Gasteiger charge is 2.36. The van der Waals surface area contributed by atoms with Crippen LogP contribution in [0.15, 0.2) is 57.2 Å². The Bertz CT molecular complexity index is 974. The summed E-state index contributed by atoms with van der Waals surface area (Å²) < 4.78 is 11.3. The topological polar surface area (TPSA) is 118 Å². The fraction of sp³-hybridized carbons (Fsp3) is 0.111. The van der Waals surface area contributed by atoms with E-state index in [1.807, 2.05) is 29.6 Å². The number of nitrogens with zero attached hydrogens (tertiary/aromatic N) is 1. The Kier molecular flexibility index (Phi) is 5.02. The highest BCUT2D eigenvalue weighted by molar-refractivity contribution is 9.10. The third-order valence-electron chi connectivity index (χ3n) is 4.01. The number of allylic oxidation sites excluding steroid dienone is 1. The fourth-order valence-electron chi connectivity index (χ4n) is 2.80. The number of nitriles is 1. The Morgan fingerprint density at radius 3 is 2.77 bits per heavy atom. The van der Waals surface area contributed by atoms with Crippen molar-refractivity contribution in [1.82, 2.24) is 0 Å². The summed E-state index contributed by atoms with van der Waals surface area (Å²) in [6.45, 7) is 0. The average Bonchev–Trinajstić information content (AvgIpc) is 3.15. The van der Waals surface area contributed by atoms with Gasteiger partial charge >= 0.3 is 0 Å². The number of halogens is 1. The van der Waals surface area contributed by atoms with Crippen LogP contribution in [0.4, 0.5) is 0 Å². The summed E-state index contributed by atoms with van der Waals surface area (Å²) >= 11 is 4.90. The molecule has 0 radical (unpaired) electrons. The first-order valence-corrected chi connectivity index (χ1v) is 9.18. The molecule has 26 heavy (non-hydrogen) atoms. The van der Waals surface area contributed by atoms with E-state index in [-0.39, 0.29) is 17.4 Å². The van der Waals surface area contributed by atoms with Gasteiger partial charge in [-0.25, -0.2) is 0 Å². The van der Waals surface area contributed by atoms with Crippen molar-refractivity contribution < 1.29 is 9.47 Å². The van der Waals surface area contributed by atoms with Crippen LogP contribution in [0.1, 0.15) is 16.4 Å². The lowest BCUT2D eigenvalue weighted by atomic mass is 9.82. The molecule has 0 aliphatic carbocycles. The van der Waals surface area contributed by atoms with Crippen LogP contribution in [-0.2, 0) is 4.74 Å². The number of benzene rings is 1. The van der Waals surface area contributed by atoms with Gasteiger partial charge in [0.05, 0.1) is 33.6 Å². The van der Waals surface area contributed by atoms with Crippen molar-refractivity contribution in [2.24, 2.45) is 11.5 Å². The zero-order valence-corrected chi connectivity index (χ0v) is 16.1. The highest BCUT2D eigenvalue weighted by Crippen LogP contribution is 2.42. The number of ether oxygens (including phenoxy) is 2. The van der Waals surface area contributed by atoms with E-state index in [0.717, 1.165) is 14.9 Å². The molecule has 0 spiro atoms. The summed E-state index contributed by atoms with van der Waals surface area (Å²) in [4.78, 5) is 0.795. The van der Waals surface area contributed by atoms with E-state index < -0.39 is 5.92 Å². The first-order valence-electron chi connectivity index (χ1n) is 7.51. The SMILES string of the molecule is COc1ccc(C2C(C#N)=C(N)OC(=N)/C2=C(\N)c2cccs2)cc1Br. The predicted octanol–water partition coefficient (Wildman–Crippen LogP) is 3.67. The molecule has 0 saturated heterocycles. The van der Waals surface area contributed by atoms with E-state index in [2.05, 4.69) is 22.0 Å². The summed E-state index contributed by atoms with van der Waals surface area (Å²) in [6, 6.07) is 11.3. The third-order valence-corrected chi connectivity index (χ3v) is 5.53. The largest absolute Gasteiger partial charge is 0.496 e. The Morgan fingerprint density at radius 1 is 1.42 bits per heavy atom. The lowest BCUT2D eigenvalue weighted by Crippen LogP contribution is -2.28. The van der Waals surface area contributed by atoms with Gasteiger partial charge in [-0.3, -0.25) is 5.41 Å². The number of rotatable bonds is 3. The summed E-state index contributed by atoms with van der Waals surface area (Å²) in [5.74, 6) is -0.199. The Labute approximate surface area is 163 Å². The minimum absolute atomic E-state index is 0.0860. The number of hydrogen-bond donors (Lipinski definition) is 3. The monoisotopic (exact) mass is 430 g/mol. The Balaban J connectivity index is 2.26. The van der Waals surface area contributed by atoms with Gasteiger partial charge < -0.3 is 20.9 Å². The van der Waals surface area contributed by atoms with E-state index in [0.29, 0.717) is 17.0 Å². The Morgan fingerprint density at radius 2 is 2.19 bits per heavy atom. The molecule has 2 heterocycles. The number of nitrogens with one attached hydrogen (secondary N) is 1. The minimum Gasteiger partial charge on any atom is -0.496 e. The van der Waals surface area contributed by atoms with Crippen LogP contribution in [0, 0.1) is 16.7 Å². The van der Waals surface area contributed by atoms with Crippen LogP contribution in [0.5, 0.6) is 5.75 Å². The second-order valence-corrected chi connectivity index (χ2v) is 7.25. The summed E-state index contributed by atoms with van der Waals surface area (Å²) in [5.41, 5.74) is 14.0. The van der Waals surface area contributed by atoms with Crippen LogP contribution in [-0.4, -0.2) is 13.0 Å². The Hall–Kier alpha value is -2.76. The first-order chi connectivity index (χ1) is 12.5. The maximum atomic E-state index is 9.64. The van der Waals surface area contributed by atoms with Crippen molar-refractivity contribution in [3.05, 3.63) is 67.7 Å². The lowest BCUT2D eigenvalue weighted by molar-refractivity contribution is 0.384. The molecule has 0 fully saturated rings. The molecule has 1 aromatic heterocycles. The van der Waals surface area contributed by atoms with E-state index in [4.69, 9.17) is 26.4 Å². The van der Waals surface area contributed by atoms with Crippen molar-refractivity contribution in [3.8, 4) is 11.8 Å². The first kappa shape index (κ1) is 18.0. The number of nitrogens with two attached hydrogens (primary N) is 2. The molecule has 1 atom stereocenters. The molecule has 1 aromatic carbocycles. The summed E-state index contributed by atoms with van der Waals surface area (Å²) in [7, 11) is 1.57. The number of hydrogen-bond acceptors (Lipinski definition) is 7. The number of methoxy groups -OCH3 is 1. The molecule has 2 aromatic rings. The second kappa shape index (κ2) is 7.23. The predicted molar refractivity (Wildman–Crippen MR) is 104 cm³/mol. The molecular formula is C18H15BrN4O2S. The molecule has 1 aliphatic heterocycles. The number of thiophene rings is 1. The van der Waals surface area contributed by atoms with Crippen molar-refractivity contribution in [2.45, 2.75) is 5.92 Å². The van der Waals surface area contributed by atoms with Gasteiger partial charge in [0, 0.05) is 0 Å². The maximum Gasteiger partial charge on any atom is 0.220 e. The molecule has 0 saturated carbocycles. The van der Waals surface area contributed by atoms with E-state index in [1.165, 1.54) is 11.3 Å². The van der Waals surface area contributed by atoms with Crippen molar-refractivity contribution >= 4 is 38.9 Å². The smallest absolute Gasteiger partial charge is 0.220 e. The molecule has 1 aliphatic rings. The molecular weight excluding hydrogens is 416 g/mol. The molecule has 0 bridgehead atoms. The van der Waals surface area contributed by atoms with E-state index >= 15 is 0 Å². The highest BCUT2D eigenvalue weighted by atomic mass is 79.9. The normalized spacial score (nSPS) is 19.0. The van der Waals surface area contributed by atoms with E-state index in [1.54, 1.807) is 13.2 Å². The van der Waals surface area contributed by atoms with Gasteiger partial charge in [0.2, 0.25) is 11.8 Å². The molecule has 3 rings (SSSR count). The molecule has 1 unspecified atom stereocenters. The van der Waals surface area contributed by atoms with Gasteiger partial charge in [0.1, 0.15) is 17.4 Å².